The van der Waals surface area contributed by atoms with Crippen LogP contribution in [0.25, 0.3) is 10.9 Å². The van der Waals surface area contributed by atoms with E-state index in [0.717, 1.165) is 25.6 Å². The van der Waals surface area contributed by atoms with Gasteiger partial charge in [-0.3, -0.25) is 0 Å². The van der Waals surface area contributed by atoms with Gasteiger partial charge in [-0.2, -0.15) is 0 Å². The van der Waals surface area contributed by atoms with Gasteiger partial charge in [0.1, 0.15) is 0 Å². The molecule has 1 fully saturated rings. The van der Waals surface area contributed by atoms with E-state index in [9.17, 15) is 0 Å². The van der Waals surface area contributed by atoms with Crippen LogP contribution in [0.3, 0.4) is 0 Å². The van der Waals surface area contributed by atoms with E-state index in [2.05, 4.69) is 57.9 Å². The van der Waals surface area contributed by atoms with Crippen molar-refractivity contribution in [1.82, 2.24) is 9.88 Å². The van der Waals surface area contributed by atoms with E-state index in [1.54, 1.807) is 0 Å². The second-order valence-corrected chi connectivity index (χ2v) is 6.92. The molecule has 0 unspecified atom stereocenters. The first-order valence-corrected chi connectivity index (χ1v) is 8.60. The van der Waals surface area contributed by atoms with E-state index in [4.69, 9.17) is 0 Å². The number of hydrogen-bond acceptors (Lipinski definition) is 2. The minimum Gasteiger partial charge on any atom is -0.347 e. The Morgan fingerprint density at radius 2 is 2.14 bits per heavy atom. The molecule has 0 atom stereocenters. The summed E-state index contributed by atoms with van der Waals surface area (Å²) in [6.45, 7) is 2.06. The van der Waals surface area contributed by atoms with Crippen molar-refractivity contribution in [2.24, 2.45) is 0 Å². The Bertz CT molecular complexity index is 723. The second-order valence-electron chi connectivity index (χ2n) is 5.89. The molecular weight excluding hydrogens is 276 g/mol. The molecule has 1 aromatic carbocycles. The molecule has 0 amide bonds. The molecule has 0 saturated heterocycles. The standard InChI is InChI=1S/C18H20N2S/c1-2-17(21-11-1)8-10-20-9-7-15-12-14(3-6-18(15)20)13-19-16-4-5-16/h1-3,6-7,9,11-12,16,19H,4-5,8,10,13H2. The van der Waals surface area contributed by atoms with Gasteiger partial charge in [0, 0.05) is 35.7 Å². The summed E-state index contributed by atoms with van der Waals surface area (Å²) in [5.41, 5.74) is 2.74. The molecule has 0 spiro atoms. The Morgan fingerprint density at radius 3 is 2.95 bits per heavy atom. The molecule has 0 bridgehead atoms. The van der Waals surface area contributed by atoms with Gasteiger partial charge in [0.25, 0.3) is 0 Å². The first-order chi connectivity index (χ1) is 10.4. The van der Waals surface area contributed by atoms with E-state index in [1.807, 2.05) is 11.3 Å². The number of hydrogen-bond donors (Lipinski definition) is 1. The fourth-order valence-corrected chi connectivity index (χ4v) is 3.49. The number of thiophene rings is 1. The number of aryl methyl sites for hydroxylation is 2. The Hall–Kier alpha value is -1.58. The maximum absolute atomic E-state index is 3.58. The number of aromatic nitrogens is 1. The molecule has 108 valence electrons. The summed E-state index contributed by atoms with van der Waals surface area (Å²) in [6.07, 6.45) is 6.03. The van der Waals surface area contributed by atoms with E-state index in [0.29, 0.717) is 0 Å². The van der Waals surface area contributed by atoms with Crippen LogP contribution in [-0.4, -0.2) is 10.6 Å². The quantitative estimate of drug-likeness (QED) is 0.721. The Balaban J connectivity index is 1.48. The molecule has 2 nitrogen and oxygen atoms in total. The Labute approximate surface area is 129 Å². The average molecular weight is 296 g/mol. The highest BCUT2D eigenvalue weighted by molar-refractivity contribution is 7.09. The summed E-state index contributed by atoms with van der Waals surface area (Å²) in [5, 5.41) is 7.10. The van der Waals surface area contributed by atoms with Crippen LogP contribution in [0.1, 0.15) is 23.3 Å². The summed E-state index contributed by atoms with van der Waals surface area (Å²) in [6, 6.07) is 14.2. The zero-order valence-corrected chi connectivity index (χ0v) is 12.9. The molecule has 3 heteroatoms. The van der Waals surface area contributed by atoms with Crippen molar-refractivity contribution in [1.29, 1.82) is 0 Å². The molecule has 0 radical (unpaired) electrons. The van der Waals surface area contributed by atoms with Gasteiger partial charge in [0.15, 0.2) is 0 Å². The largest absolute Gasteiger partial charge is 0.347 e. The summed E-state index contributed by atoms with van der Waals surface area (Å²) in [7, 11) is 0. The summed E-state index contributed by atoms with van der Waals surface area (Å²) < 4.78 is 2.37. The lowest BCUT2D eigenvalue weighted by molar-refractivity contribution is 0.688. The lowest BCUT2D eigenvalue weighted by Crippen LogP contribution is -2.15. The molecule has 4 rings (SSSR count). The molecule has 2 aromatic heterocycles. The van der Waals surface area contributed by atoms with Crippen LogP contribution < -0.4 is 5.32 Å². The summed E-state index contributed by atoms with van der Waals surface area (Å²) >= 11 is 1.85. The fraction of sp³-hybridized carbons (Fsp3) is 0.333. The van der Waals surface area contributed by atoms with E-state index in [1.165, 1.54) is 34.2 Å². The molecule has 2 heterocycles. The molecule has 1 aliphatic carbocycles. The number of benzene rings is 1. The molecule has 0 aliphatic heterocycles. The first-order valence-electron chi connectivity index (χ1n) is 7.72. The van der Waals surface area contributed by atoms with Gasteiger partial charge in [0.2, 0.25) is 0 Å². The van der Waals surface area contributed by atoms with Gasteiger partial charge >= 0.3 is 0 Å². The molecule has 1 N–H and O–H groups in total. The van der Waals surface area contributed by atoms with Crippen molar-refractivity contribution < 1.29 is 0 Å². The molecule has 21 heavy (non-hydrogen) atoms. The first kappa shape index (κ1) is 13.1. The third kappa shape index (κ3) is 3.04. The third-order valence-electron chi connectivity index (χ3n) is 4.19. The zero-order valence-electron chi connectivity index (χ0n) is 12.1. The van der Waals surface area contributed by atoms with Gasteiger partial charge in [-0.25, -0.2) is 0 Å². The highest BCUT2D eigenvalue weighted by Gasteiger charge is 2.19. The van der Waals surface area contributed by atoms with Gasteiger partial charge in [-0.15, -0.1) is 11.3 Å². The van der Waals surface area contributed by atoms with Crippen molar-refractivity contribution >= 4 is 22.2 Å². The van der Waals surface area contributed by atoms with Crippen molar-refractivity contribution in [3.05, 3.63) is 58.4 Å². The fourth-order valence-electron chi connectivity index (χ4n) is 2.79. The van der Waals surface area contributed by atoms with Gasteiger partial charge < -0.3 is 9.88 Å². The van der Waals surface area contributed by atoms with Crippen LogP contribution in [0.5, 0.6) is 0 Å². The highest BCUT2D eigenvalue weighted by Crippen LogP contribution is 2.22. The lowest BCUT2D eigenvalue weighted by Gasteiger charge is -2.06. The van der Waals surface area contributed by atoms with Crippen molar-refractivity contribution in [2.45, 2.75) is 38.4 Å². The summed E-state index contributed by atoms with van der Waals surface area (Å²) in [5.74, 6) is 0. The monoisotopic (exact) mass is 296 g/mol. The average Bonchev–Trinajstić information content (AvgIpc) is 3.03. The molecule has 1 aliphatic rings. The van der Waals surface area contributed by atoms with Crippen LogP contribution in [0, 0.1) is 0 Å². The third-order valence-corrected chi connectivity index (χ3v) is 5.12. The minimum absolute atomic E-state index is 0.774. The van der Waals surface area contributed by atoms with Gasteiger partial charge in [0.05, 0.1) is 0 Å². The molecule has 3 aromatic rings. The van der Waals surface area contributed by atoms with Crippen LogP contribution in [0.15, 0.2) is 48.0 Å². The van der Waals surface area contributed by atoms with Gasteiger partial charge in [-0.1, -0.05) is 12.1 Å². The highest BCUT2D eigenvalue weighted by atomic mass is 32.1. The van der Waals surface area contributed by atoms with E-state index in [-0.39, 0.29) is 0 Å². The SMILES string of the molecule is c1csc(CCn2ccc3cc(CNC4CC4)ccc32)c1. The Kier molecular flexibility index (Phi) is 3.53. The smallest absolute Gasteiger partial charge is 0.0480 e. The van der Waals surface area contributed by atoms with Crippen LogP contribution in [0.4, 0.5) is 0 Å². The van der Waals surface area contributed by atoms with Gasteiger partial charge in [-0.05, 0) is 59.9 Å². The number of fused-ring (bicyclic) bond motifs is 1. The minimum atomic E-state index is 0.774. The normalized spacial score (nSPS) is 14.9. The predicted molar refractivity (Wildman–Crippen MR) is 89.8 cm³/mol. The topological polar surface area (TPSA) is 17.0 Å². The number of rotatable bonds is 6. The van der Waals surface area contributed by atoms with Crippen LogP contribution >= 0.6 is 11.3 Å². The maximum Gasteiger partial charge on any atom is 0.0480 e. The Morgan fingerprint density at radius 1 is 1.19 bits per heavy atom. The van der Waals surface area contributed by atoms with Crippen LogP contribution in [0.2, 0.25) is 0 Å². The molecule has 1 saturated carbocycles. The predicted octanol–water partition coefficient (Wildman–Crippen LogP) is 4.20. The second kappa shape index (κ2) is 5.66. The van der Waals surface area contributed by atoms with E-state index < -0.39 is 0 Å². The van der Waals surface area contributed by atoms with Crippen molar-refractivity contribution in [3.63, 3.8) is 0 Å². The van der Waals surface area contributed by atoms with E-state index >= 15 is 0 Å². The van der Waals surface area contributed by atoms with Crippen molar-refractivity contribution in [2.75, 3.05) is 0 Å². The maximum atomic E-state index is 3.58. The number of nitrogens with one attached hydrogen (secondary N) is 1. The number of nitrogens with zero attached hydrogens (tertiary/aromatic N) is 1. The molecular formula is C18H20N2S. The van der Waals surface area contributed by atoms with Crippen LogP contribution in [-0.2, 0) is 19.5 Å². The zero-order chi connectivity index (χ0) is 14.1. The van der Waals surface area contributed by atoms with Crippen molar-refractivity contribution in [3.8, 4) is 0 Å². The summed E-state index contributed by atoms with van der Waals surface area (Å²) in [4.78, 5) is 1.46. The lowest BCUT2D eigenvalue weighted by atomic mass is 10.1.